The zero-order valence-corrected chi connectivity index (χ0v) is 18.8. The first-order chi connectivity index (χ1) is 13.8. The summed E-state index contributed by atoms with van der Waals surface area (Å²) in [6.07, 6.45) is 1.53. The molecule has 4 rings (SSSR count). The molecule has 1 aromatic heterocycles. The van der Waals surface area contributed by atoms with Crippen LogP contribution in [0.25, 0.3) is 10.9 Å². The lowest BCUT2D eigenvalue weighted by atomic mass is 9.99. The lowest BCUT2D eigenvalue weighted by Crippen LogP contribution is -2.26. The van der Waals surface area contributed by atoms with Crippen molar-refractivity contribution in [2.24, 2.45) is 5.10 Å². The molecule has 0 bridgehead atoms. The lowest BCUT2D eigenvalue weighted by molar-refractivity contribution is 0.374. The zero-order valence-electron chi connectivity index (χ0n) is 15.6. The number of methoxy groups -OCH3 is 1. The minimum Gasteiger partial charge on any atom is -0.494 e. The summed E-state index contributed by atoms with van der Waals surface area (Å²) in [4.78, 5) is 4.48. The fraction of sp³-hybridized carbons (Fsp3) is 0.200. The summed E-state index contributed by atoms with van der Waals surface area (Å²) in [6, 6.07) is 14.4. The highest BCUT2D eigenvalue weighted by atomic mass is 79.9. The van der Waals surface area contributed by atoms with Gasteiger partial charge in [0.25, 0.3) is 0 Å². The van der Waals surface area contributed by atoms with Crippen molar-refractivity contribution in [3.8, 4) is 5.75 Å². The van der Waals surface area contributed by atoms with Gasteiger partial charge in [0.2, 0.25) is 10.0 Å². The van der Waals surface area contributed by atoms with E-state index in [1.165, 1.54) is 0 Å². The number of halogens is 2. The third kappa shape index (κ3) is 3.84. The number of sulfonamides is 1. The summed E-state index contributed by atoms with van der Waals surface area (Å²) in [5.74, 6) is 0.605. The Balaban J connectivity index is 1.82. The molecule has 0 radical (unpaired) electrons. The van der Waals surface area contributed by atoms with Gasteiger partial charge in [0.1, 0.15) is 16.4 Å². The number of fused-ring (bicyclic) bond motifs is 1. The largest absolute Gasteiger partial charge is 0.494 e. The summed E-state index contributed by atoms with van der Waals surface area (Å²) in [6.45, 7) is 0. The van der Waals surface area contributed by atoms with Crippen molar-refractivity contribution in [2.75, 3.05) is 13.4 Å². The third-order valence-electron chi connectivity index (χ3n) is 4.74. The summed E-state index contributed by atoms with van der Waals surface area (Å²) < 4.78 is 32.3. The van der Waals surface area contributed by atoms with Crippen molar-refractivity contribution >= 4 is 54.2 Å². The van der Waals surface area contributed by atoms with Gasteiger partial charge in [-0.15, -0.1) is 0 Å². The molecule has 1 aliphatic rings. The smallest absolute Gasteiger partial charge is 0.247 e. The molecule has 0 amide bonds. The van der Waals surface area contributed by atoms with E-state index in [4.69, 9.17) is 16.3 Å². The van der Waals surface area contributed by atoms with E-state index in [0.717, 1.165) is 26.1 Å². The number of hydrazone groups is 1. The second kappa shape index (κ2) is 7.59. The van der Waals surface area contributed by atoms with E-state index in [9.17, 15) is 8.42 Å². The number of pyridine rings is 1. The molecule has 0 unspecified atom stereocenters. The number of nitrogens with zero attached hydrogens (tertiary/aromatic N) is 3. The Hall–Kier alpha value is -2.16. The minimum atomic E-state index is -3.61. The van der Waals surface area contributed by atoms with Crippen LogP contribution in [0.4, 0.5) is 0 Å². The molecule has 0 N–H and O–H groups in total. The Morgan fingerprint density at radius 1 is 1.21 bits per heavy atom. The molecule has 9 heteroatoms. The number of hydrogen-bond donors (Lipinski definition) is 0. The van der Waals surface area contributed by atoms with Crippen molar-refractivity contribution in [1.82, 2.24) is 9.40 Å². The van der Waals surface area contributed by atoms with E-state index in [1.54, 1.807) is 13.2 Å². The summed E-state index contributed by atoms with van der Waals surface area (Å²) in [5.41, 5.74) is 2.75. The van der Waals surface area contributed by atoms with Crippen LogP contribution in [0.2, 0.25) is 5.15 Å². The molecule has 0 fully saturated rings. The molecule has 1 atom stereocenters. The maximum absolute atomic E-state index is 12.5. The van der Waals surface area contributed by atoms with Gasteiger partial charge in [-0.2, -0.15) is 9.52 Å². The first kappa shape index (κ1) is 20.1. The van der Waals surface area contributed by atoms with E-state index < -0.39 is 16.1 Å². The van der Waals surface area contributed by atoms with Gasteiger partial charge in [0.15, 0.2) is 0 Å². The number of ether oxygens (including phenoxy) is 1. The molecule has 1 aliphatic heterocycles. The number of benzene rings is 2. The van der Waals surface area contributed by atoms with Crippen LogP contribution in [0.3, 0.4) is 0 Å². The lowest BCUT2D eigenvalue weighted by Gasteiger charge is -2.22. The van der Waals surface area contributed by atoms with Gasteiger partial charge < -0.3 is 4.74 Å². The van der Waals surface area contributed by atoms with E-state index in [-0.39, 0.29) is 5.15 Å². The first-order valence-corrected chi connectivity index (χ1v) is 11.8. The Morgan fingerprint density at radius 3 is 2.66 bits per heavy atom. The average molecular weight is 495 g/mol. The molecule has 0 saturated carbocycles. The van der Waals surface area contributed by atoms with Crippen LogP contribution in [0.5, 0.6) is 5.75 Å². The summed E-state index contributed by atoms with van der Waals surface area (Å²) in [5, 5.41) is 5.45. The molecule has 0 spiro atoms. The average Bonchev–Trinajstić information content (AvgIpc) is 3.13. The van der Waals surface area contributed by atoms with Crippen LogP contribution in [-0.2, 0) is 10.0 Å². The van der Waals surface area contributed by atoms with E-state index in [1.807, 2.05) is 42.5 Å². The summed E-state index contributed by atoms with van der Waals surface area (Å²) >= 11 is 9.95. The Kier molecular flexibility index (Phi) is 5.27. The van der Waals surface area contributed by atoms with E-state index in [0.29, 0.717) is 29.0 Å². The normalized spacial score (nSPS) is 16.9. The first-order valence-electron chi connectivity index (χ1n) is 8.74. The Labute approximate surface area is 182 Å². The molecule has 2 heterocycles. The fourth-order valence-electron chi connectivity index (χ4n) is 3.43. The second-order valence-electron chi connectivity index (χ2n) is 6.71. The van der Waals surface area contributed by atoms with E-state index in [2.05, 4.69) is 26.0 Å². The van der Waals surface area contributed by atoms with Gasteiger partial charge >= 0.3 is 0 Å². The molecule has 150 valence electrons. The predicted molar refractivity (Wildman–Crippen MR) is 118 cm³/mol. The van der Waals surface area contributed by atoms with Gasteiger partial charge in [-0.25, -0.2) is 13.4 Å². The fourth-order valence-corrected chi connectivity index (χ4v) is 4.99. The quantitative estimate of drug-likeness (QED) is 0.490. The van der Waals surface area contributed by atoms with Crippen LogP contribution in [-0.4, -0.2) is 36.9 Å². The monoisotopic (exact) mass is 493 g/mol. The van der Waals surface area contributed by atoms with Crippen molar-refractivity contribution in [1.29, 1.82) is 0 Å². The van der Waals surface area contributed by atoms with Crippen molar-refractivity contribution in [3.05, 3.63) is 69.3 Å². The molecule has 0 aliphatic carbocycles. The Morgan fingerprint density at radius 2 is 1.97 bits per heavy atom. The van der Waals surface area contributed by atoms with Gasteiger partial charge in [0.05, 0.1) is 25.1 Å². The standard InChI is InChI=1S/C20H17BrClN3O3S/c1-28-18-8-4-6-13-10-15(20(22)23-19(13)18)17-11-16(24-25(17)29(2,26)27)12-5-3-7-14(21)9-12/h3-10,17H,11H2,1-2H3/t17-/m1/s1. The molecule has 3 aromatic rings. The number of aromatic nitrogens is 1. The maximum atomic E-state index is 12.5. The highest BCUT2D eigenvalue weighted by Gasteiger charge is 2.36. The van der Waals surface area contributed by atoms with Crippen molar-refractivity contribution in [2.45, 2.75) is 12.5 Å². The van der Waals surface area contributed by atoms with Crippen molar-refractivity contribution in [3.63, 3.8) is 0 Å². The molecule has 6 nitrogen and oxygen atoms in total. The number of hydrogen-bond acceptors (Lipinski definition) is 5. The molecule has 29 heavy (non-hydrogen) atoms. The van der Waals surface area contributed by atoms with Crippen LogP contribution < -0.4 is 4.74 Å². The van der Waals surface area contributed by atoms with Crippen LogP contribution in [0.1, 0.15) is 23.6 Å². The number of rotatable bonds is 4. The molecule has 2 aromatic carbocycles. The van der Waals surface area contributed by atoms with Crippen LogP contribution >= 0.6 is 27.5 Å². The van der Waals surface area contributed by atoms with Gasteiger partial charge in [-0.1, -0.05) is 51.8 Å². The van der Waals surface area contributed by atoms with Gasteiger partial charge in [-0.3, -0.25) is 0 Å². The topological polar surface area (TPSA) is 71.9 Å². The zero-order chi connectivity index (χ0) is 20.8. The second-order valence-corrected chi connectivity index (χ2v) is 9.83. The van der Waals surface area contributed by atoms with Crippen molar-refractivity contribution < 1.29 is 13.2 Å². The van der Waals surface area contributed by atoms with Gasteiger partial charge in [0, 0.05) is 21.8 Å². The van der Waals surface area contributed by atoms with Gasteiger partial charge in [-0.05, 0) is 29.8 Å². The highest BCUT2D eigenvalue weighted by Crippen LogP contribution is 2.39. The molecular weight excluding hydrogens is 478 g/mol. The SMILES string of the molecule is COc1cccc2cc([C@H]3CC(c4cccc(Br)c4)=NN3S(C)(=O)=O)c(Cl)nc12. The Bertz CT molecular complexity index is 1250. The third-order valence-corrected chi connectivity index (χ3v) is 6.55. The molecule has 0 saturated heterocycles. The summed E-state index contributed by atoms with van der Waals surface area (Å²) in [7, 11) is -2.04. The highest BCUT2D eigenvalue weighted by molar-refractivity contribution is 9.10. The van der Waals surface area contributed by atoms with Crippen LogP contribution in [0.15, 0.2) is 58.1 Å². The predicted octanol–water partition coefficient (Wildman–Crippen LogP) is 4.77. The van der Waals surface area contributed by atoms with Crippen LogP contribution in [0, 0.1) is 0 Å². The van der Waals surface area contributed by atoms with E-state index >= 15 is 0 Å². The maximum Gasteiger partial charge on any atom is 0.247 e. The molecular formula is C20H17BrClN3O3S. The number of para-hydroxylation sites is 1. The minimum absolute atomic E-state index is 0.228.